The fraction of sp³-hybridized carbons (Fsp3) is 0.222. The minimum atomic E-state index is -4.52. The van der Waals surface area contributed by atoms with E-state index in [4.69, 9.17) is 0 Å². The summed E-state index contributed by atoms with van der Waals surface area (Å²) < 4.78 is 67.6. The first-order chi connectivity index (χ1) is 16.7. The highest BCUT2D eigenvalue weighted by Gasteiger charge is 2.33. The second kappa shape index (κ2) is 9.09. The van der Waals surface area contributed by atoms with Gasteiger partial charge in [-0.15, -0.1) is 0 Å². The summed E-state index contributed by atoms with van der Waals surface area (Å²) in [6.07, 6.45) is -3.41. The lowest BCUT2D eigenvalue weighted by Crippen LogP contribution is -2.35. The molecule has 0 radical (unpaired) electrons. The second-order valence-corrected chi connectivity index (χ2v) is 10.8. The molecular formula is C27H23F3N2O2S. The molecule has 0 saturated carbocycles. The Hall–Kier alpha value is -3.23. The van der Waals surface area contributed by atoms with Crippen molar-refractivity contribution in [3.8, 4) is 22.4 Å². The number of nitrogens with one attached hydrogen (secondary N) is 1. The Kier molecular flexibility index (Phi) is 6.11. The predicted octanol–water partition coefficient (Wildman–Crippen LogP) is 6.11. The fourth-order valence-electron chi connectivity index (χ4n) is 4.62. The summed E-state index contributed by atoms with van der Waals surface area (Å²) >= 11 is 0. The number of halogens is 3. The summed E-state index contributed by atoms with van der Waals surface area (Å²) in [6, 6.07) is 21.3. The number of benzene rings is 3. The number of aromatic nitrogens is 1. The maximum Gasteiger partial charge on any atom is 0.418 e. The molecule has 0 atom stereocenters. The summed E-state index contributed by atoms with van der Waals surface area (Å²) in [7, 11) is -3.55. The smallest absolute Gasteiger partial charge is 0.317 e. The average Bonchev–Trinajstić information content (AvgIpc) is 2.88. The Morgan fingerprint density at radius 2 is 1.54 bits per heavy atom. The van der Waals surface area contributed by atoms with E-state index in [-0.39, 0.29) is 10.4 Å². The van der Waals surface area contributed by atoms with E-state index in [0.29, 0.717) is 53.7 Å². The summed E-state index contributed by atoms with van der Waals surface area (Å²) in [4.78, 5) is 4.62. The topological polar surface area (TPSA) is 59.1 Å². The summed E-state index contributed by atoms with van der Waals surface area (Å²) in [5.74, 6) is 0. The SMILES string of the molecule is O=S(=O)(c1ccccc1-c1cccc(-c2ccc3cccc(C(F)(F)F)c3n2)c1)C1CCNCC1. The molecule has 3 aromatic carbocycles. The first-order valence-electron chi connectivity index (χ1n) is 11.4. The predicted molar refractivity (Wildman–Crippen MR) is 131 cm³/mol. The molecular weight excluding hydrogens is 473 g/mol. The number of sulfone groups is 1. The van der Waals surface area contributed by atoms with Gasteiger partial charge >= 0.3 is 6.18 Å². The quantitative estimate of drug-likeness (QED) is 0.370. The summed E-state index contributed by atoms with van der Waals surface area (Å²) in [6.45, 7) is 1.32. The molecule has 0 unspecified atom stereocenters. The monoisotopic (exact) mass is 496 g/mol. The highest BCUT2D eigenvalue weighted by Crippen LogP contribution is 2.36. The highest BCUT2D eigenvalue weighted by atomic mass is 32.2. The van der Waals surface area contributed by atoms with Gasteiger partial charge in [0.25, 0.3) is 0 Å². The molecule has 1 aromatic heterocycles. The third-order valence-electron chi connectivity index (χ3n) is 6.41. The average molecular weight is 497 g/mol. The zero-order valence-corrected chi connectivity index (χ0v) is 19.5. The fourth-order valence-corrected chi connectivity index (χ4v) is 6.60. The Balaban J connectivity index is 1.59. The van der Waals surface area contributed by atoms with E-state index in [0.717, 1.165) is 6.07 Å². The number of pyridine rings is 1. The van der Waals surface area contributed by atoms with Crippen LogP contribution in [-0.2, 0) is 16.0 Å². The molecule has 1 N–H and O–H groups in total. The minimum absolute atomic E-state index is 0.114. The van der Waals surface area contributed by atoms with Gasteiger partial charge in [-0.25, -0.2) is 13.4 Å². The third-order valence-corrected chi connectivity index (χ3v) is 8.73. The number of hydrogen-bond donors (Lipinski definition) is 1. The van der Waals surface area contributed by atoms with E-state index in [1.54, 1.807) is 60.7 Å². The molecule has 2 heterocycles. The van der Waals surface area contributed by atoms with Gasteiger partial charge in [-0.3, -0.25) is 0 Å². The van der Waals surface area contributed by atoms with Crippen LogP contribution in [0.1, 0.15) is 18.4 Å². The van der Waals surface area contributed by atoms with Crippen molar-refractivity contribution in [2.75, 3.05) is 13.1 Å². The van der Waals surface area contributed by atoms with E-state index >= 15 is 0 Å². The zero-order chi connectivity index (χ0) is 24.6. The third kappa shape index (κ3) is 4.56. The molecule has 4 nitrogen and oxygen atoms in total. The van der Waals surface area contributed by atoms with Crippen molar-refractivity contribution in [2.45, 2.75) is 29.2 Å². The van der Waals surface area contributed by atoms with Crippen LogP contribution >= 0.6 is 0 Å². The molecule has 1 fully saturated rings. The number of piperidine rings is 1. The lowest BCUT2D eigenvalue weighted by molar-refractivity contribution is -0.136. The van der Waals surface area contributed by atoms with Gasteiger partial charge in [-0.2, -0.15) is 13.2 Å². The maximum atomic E-state index is 13.5. The molecule has 0 amide bonds. The van der Waals surface area contributed by atoms with E-state index in [2.05, 4.69) is 10.3 Å². The van der Waals surface area contributed by atoms with Crippen molar-refractivity contribution in [1.82, 2.24) is 10.3 Å². The molecule has 1 aliphatic rings. The molecule has 1 saturated heterocycles. The Labute approximate surface area is 201 Å². The number of nitrogens with zero attached hydrogens (tertiary/aromatic N) is 1. The maximum absolute atomic E-state index is 13.5. The molecule has 4 aromatic rings. The largest absolute Gasteiger partial charge is 0.418 e. The molecule has 180 valence electrons. The van der Waals surface area contributed by atoms with Gasteiger partial charge in [0.05, 0.1) is 26.9 Å². The van der Waals surface area contributed by atoms with Gasteiger partial charge in [0, 0.05) is 16.5 Å². The zero-order valence-electron chi connectivity index (χ0n) is 18.7. The van der Waals surface area contributed by atoms with Crippen molar-refractivity contribution in [2.24, 2.45) is 0 Å². The first kappa shape index (κ1) is 23.5. The molecule has 1 aliphatic heterocycles. The van der Waals surface area contributed by atoms with Crippen LogP contribution in [0, 0.1) is 0 Å². The van der Waals surface area contributed by atoms with E-state index in [1.807, 2.05) is 6.07 Å². The Morgan fingerprint density at radius 3 is 2.31 bits per heavy atom. The Morgan fingerprint density at radius 1 is 0.829 bits per heavy atom. The van der Waals surface area contributed by atoms with E-state index in [9.17, 15) is 21.6 Å². The van der Waals surface area contributed by atoms with Crippen LogP contribution in [0.4, 0.5) is 13.2 Å². The molecule has 0 spiro atoms. The van der Waals surface area contributed by atoms with Crippen LogP contribution in [0.25, 0.3) is 33.3 Å². The number of fused-ring (bicyclic) bond motifs is 1. The molecule has 0 bridgehead atoms. The van der Waals surface area contributed by atoms with Crippen LogP contribution in [0.3, 0.4) is 0 Å². The van der Waals surface area contributed by atoms with Crippen LogP contribution in [0.15, 0.2) is 83.8 Å². The van der Waals surface area contributed by atoms with Crippen molar-refractivity contribution in [3.63, 3.8) is 0 Å². The van der Waals surface area contributed by atoms with Gasteiger partial charge in [-0.05, 0) is 55.8 Å². The van der Waals surface area contributed by atoms with Gasteiger partial charge in [0.15, 0.2) is 9.84 Å². The van der Waals surface area contributed by atoms with Crippen LogP contribution in [0.2, 0.25) is 0 Å². The normalized spacial score (nSPS) is 15.4. The highest BCUT2D eigenvalue weighted by molar-refractivity contribution is 7.92. The number of hydrogen-bond acceptors (Lipinski definition) is 4. The minimum Gasteiger partial charge on any atom is -0.317 e. The van der Waals surface area contributed by atoms with Crippen LogP contribution < -0.4 is 5.32 Å². The molecule has 0 aliphatic carbocycles. The number of alkyl halides is 3. The summed E-state index contributed by atoms with van der Waals surface area (Å²) in [5.41, 5.74) is 1.33. The second-order valence-electron chi connectivity index (χ2n) is 8.64. The molecule has 35 heavy (non-hydrogen) atoms. The molecule has 8 heteroatoms. The van der Waals surface area contributed by atoms with Crippen molar-refractivity contribution >= 4 is 20.7 Å². The van der Waals surface area contributed by atoms with Crippen LogP contribution in [0.5, 0.6) is 0 Å². The van der Waals surface area contributed by atoms with Gasteiger partial charge < -0.3 is 5.32 Å². The number of rotatable bonds is 4. The van der Waals surface area contributed by atoms with Crippen molar-refractivity contribution in [3.05, 3.63) is 84.4 Å². The lowest BCUT2D eigenvalue weighted by atomic mass is 10.0. The van der Waals surface area contributed by atoms with Crippen LogP contribution in [-0.4, -0.2) is 31.7 Å². The van der Waals surface area contributed by atoms with Gasteiger partial charge in [-0.1, -0.05) is 54.6 Å². The lowest BCUT2D eigenvalue weighted by Gasteiger charge is -2.24. The van der Waals surface area contributed by atoms with Crippen molar-refractivity contribution in [1.29, 1.82) is 0 Å². The first-order valence-corrected chi connectivity index (χ1v) is 12.9. The van der Waals surface area contributed by atoms with Gasteiger partial charge in [0.1, 0.15) is 0 Å². The van der Waals surface area contributed by atoms with E-state index < -0.39 is 26.8 Å². The van der Waals surface area contributed by atoms with Crippen molar-refractivity contribution < 1.29 is 21.6 Å². The van der Waals surface area contributed by atoms with Gasteiger partial charge in [0.2, 0.25) is 0 Å². The standard InChI is InChI=1S/C27H23F3N2O2S/c28-27(29,30)23-9-4-5-18-11-12-24(32-26(18)23)20-7-3-6-19(17-20)22-8-1-2-10-25(22)35(33,34)21-13-15-31-16-14-21/h1-12,17,21,31H,13-16H2. The van der Waals surface area contributed by atoms with E-state index in [1.165, 1.54) is 6.07 Å². The molecule has 5 rings (SSSR count). The Bertz CT molecular complexity index is 1490. The summed E-state index contributed by atoms with van der Waals surface area (Å²) in [5, 5.41) is 3.15. The number of para-hydroxylation sites is 1.